The minimum Gasteiger partial charge on any atom is -0.346 e. The fraction of sp³-hybridized carbons (Fsp3) is 0.583. The van der Waals surface area contributed by atoms with E-state index in [1.165, 1.54) is 11.3 Å². The molecule has 5 nitrogen and oxygen atoms in total. The van der Waals surface area contributed by atoms with Gasteiger partial charge in [0.25, 0.3) is 5.91 Å². The Labute approximate surface area is 111 Å². The van der Waals surface area contributed by atoms with Crippen LogP contribution in [0.2, 0.25) is 0 Å². The molecule has 0 radical (unpaired) electrons. The molecule has 1 heterocycles. The smallest absolute Gasteiger partial charge is 0.266 e. The van der Waals surface area contributed by atoms with Crippen molar-refractivity contribution in [3.63, 3.8) is 0 Å². The van der Waals surface area contributed by atoms with Gasteiger partial charge in [0.1, 0.15) is 10.9 Å². The fourth-order valence-corrected chi connectivity index (χ4v) is 2.33. The zero-order valence-electron chi connectivity index (χ0n) is 10.8. The van der Waals surface area contributed by atoms with Crippen LogP contribution >= 0.6 is 11.3 Å². The molecule has 1 aromatic rings. The maximum Gasteiger partial charge on any atom is 0.266 e. The lowest BCUT2D eigenvalue weighted by molar-refractivity contribution is 0.0563. The third-order valence-corrected chi connectivity index (χ3v) is 3.23. The van der Waals surface area contributed by atoms with Gasteiger partial charge in [-0.25, -0.2) is 4.98 Å². The normalized spacial score (nSPS) is 11.9. The second kappa shape index (κ2) is 7.09. The number of ether oxygens (including phenoxy) is 1. The quantitative estimate of drug-likeness (QED) is 0.800. The van der Waals surface area contributed by atoms with Gasteiger partial charge in [-0.1, -0.05) is 13.8 Å². The molecule has 0 bridgehead atoms. The summed E-state index contributed by atoms with van der Waals surface area (Å²) in [5.41, 5.74) is 0.766. The van der Waals surface area contributed by atoms with Gasteiger partial charge in [0.05, 0.1) is 17.3 Å². The van der Waals surface area contributed by atoms with Crippen molar-refractivity contribution >= 4 is 17.2 Å². The zero-order chi connectivity index (χ0) is 13.5. The molecule has 0 spiro atoms. The van der Waals surface area contributed by atoms with Gasteiger partial charge in [-0.05, 0) is 19.8 Å². The molecule has 1 rings (SSSR count). The van der Waals surface area contributed by atoms with Crippen LogP contribution in [0.15, 0.2) is 0 Å². The standard InChI is InChI=1S/C12H17N3O2S/c1-4-6-17-10(7-13)15-12(16)11-9(5-2)14-8(3)18-11/h10H,4-6H2,1-3H3,(H,15,16). The molecular formula is C12H17N3O2S. The van der Waals surface area contributed by atoms with Crippen molar-refractivity contribution in [3.8, 4) is 6.07 Å². The Hall–Kier alpha value is -1.45. The van der Waals surface area contributed by atoms with Crippen molar-refractivity contribution in [2.75, 3.05) is 6.61 Å². The Kier molecular flexibility index (Phi) is 5.75. The summed E-state index contributed by atoms with van der Waals surface area (Å²) >= 11 is 1.34. The highest BCUT2D eigenvalue weighted by Crippen LogP contribution is 2.18. The molecule has 1 unspecified atom stereocenters. The Morgan fingerprint density at radius 2 is 2.33 bits per heavy atom. The number of amides is 1. The SMILES string of the molecule is CCCOC(C#N)NC(=O)c1sc(C)nc1CC. The van der Waals surface area contributed by atoms with E-state index < -0.39 is 6.23 Å². The van der Waals surface area contributed by atoms with E-state index in [4.69, 9.17) is 10.00 Å². The minimum absolute atomic E-state index is 0.292. The summed E-state index contributed by atoms with van der Waals surface area (Å²) in [7, 11) is 0. The first-order chi connectivity index (χ1) is 8.62. The fourth-order valence-electron chi connectivity index (χ4n) is 1.42. The number of rotatable bonds is 6. The molecule has 1 amide bonds. The average Bonchev–Trinajstić information content (AvgIpc) is 2.75. The van der Waals surface area contributed by atoms with Crippen LogP contribution in [0.5, 0.6) is 0 Å². The number of aromatic nitrogens is 1. The summed E-state index contributed by atoms with van der Waals surface area (Å²) < 4.78 is 5.20. The van der Waals surface area contributed by atoms with Crippen LogP contribution in [0.3, 0.4) is 0 Å². The summed E-state index contributed by atoms with van der Waals surface area (Å²) in [4.78, 5) is 16.8. The van der Waals surface area contributed by atoms with Gasteiger partial charge in [0, 0.05) is 0 Å². The summed E-state index contributed by atoms with van der Waals surface area (Å²) in [6.07, 6.45) is 0.596. The van der Waals surface area contributed by atoms with Crippen LogP contribution in [-0.2, 0) is 11.2 Å². The van der Waals surface area contributed by atoms with Gasteiger partial charge in [0.2, 0.25) is 6.23 Å². The molecule has 0 saturated carbocycles. The van der Waals surface area contributed by atoms with Gasteiger partial charge in [0.15, 0.2) is 0 Å². The highest BCUT2D eigenvalue weighted by Gasteiger charge is 2.19. The largest absolute Gasteiger partial charge is 0.346 e. The van der Waals surface area contributed by atoms with E-state index in [0.29, 0.717) is 17.9 Å². The second-order valence-electron chi connectivity index (χ2n) is 3.72. The number of carbonyl (C=O) groups is 1. The first-order valence-corrected chi connectivity index (χ1v) is 6.72. The number of hydrogen-bond donors (Lipinski definition) is 1. The number of thiazole rings is 1. The molecule has 0 aliphatic heterocycles. The highest BCUT2D eigenvalue weighted by atomic mass is 32.1. The molecule has 1 N–H and O–H groups in total. The van der Waals surface area contributed by atoms with Gasteiger partial charge in [-0.15, -0.1) is 11.3 Å². The van der Waals surface area contributed by atoms with Crippen molar-refractivity contribution in [3.05, 3.63) is 15.6 Å². The summed E-state index contributed by atoms with van der Waals surface area (Å²) in [5.74, 6) is -0.292. The lowest BCUT2D eigenvalue weighted by Crippen LogP contribution is -2.36. The topological polar surface area (TPSA) is 75.0 Å². The summed E-state index contributed by atoms with van der Waals surface area (Å²) in [6, 6.07) is 1.91. The number of carbonyl (C=O) groups excluding carboxylic acids is 1. The van der Waals surface area contributed by atoms with E-state index in [1.807, 2.05) is 26.8 Å². The van der Waals surface area contributed by atoms with Crippen LogP contribution in [0.25, 0.3) is 0 Å². The zero-order valence-corrected chi connectivity index (χ0v) is 11.6. The number of nitrogens with one attached hydrogen (secondary N) is 1. The van der Waals surface area contributed by atoms with Gasteiger partial charge >= 0.3 is 0 Å². The predicted molar refractivity (Wildman–Crippen MR) is 69.3 cm³/mol. The molecule has 0 fully saturated rings. The number of hydrogen-bond acceptors (Lipinski definition) is 5. The van der Waals surface area contributed by atoms with E-state index in [9.17, 15) is 4.79 Å². The Morgan fingerprint density at radius 3 is 2.89 bits per heavy atom. The van der Waals surface area contributed by atoms with E-state index in [2.05, 4.69) is 10.3 Å². The van der Waals surface area contributed by atoms with E-state index in [-0.39, 0.29) is 5.91 Å². The Morgan fingerprint density at radius 1 is 1.61 bits per heavy atom. The van der Waals surface area contributed by atoms with Crippen LogP contribution in [0, 0.1) is 18.3 Å². The molecule has 98 valence electrons. The van der Waals surface area contributed by atoms with Crippen LogP contribution in [0.1, 0.15) is 40.6 Å². The summed E-state index contributed by atoms with van der Waals surface area (Å²) in [5, 5.41) is 12.3. The summed E-state index contributed by atoms with van der Waals surface area (Å²) in [6.45, 7) is 6.19. The average molecular weight is 267 g/mol. The van der Waals surface area contributed by atoms with Crippen LogP contribution < -0.4 is 5.32 Å². The molecule has 0 aliphatic rings. The first kappa shape index (κ1) is 14.6. The number of aryl methyl sites for hydroxylation is 2. The highest BCUT2D eigenvalue weighted by molar-refractivity contribution is 7.13. The third kappa shape index (κ3) is 3.79. The molecule has 1 atom stereocenters. The van der Waals surface area contributed by atoms with Gasteiger partial charge in [-0.2, -0.15) is 5.26 Å². The van der Waals surface area contributed by atoms with Gasteiger partial charge < -0.3 is 10.1 Å². The molecule has 0 saturated heterocycles. The Balaban J connectivity index is 2.72. The van der Waals surface area contributed by atoms with Crippen molar-refractivity contribution in [2.45, 2.75) is 39.8 Å². The third-order valence-electron chi connectivity index (χ3n) is 2.21. The Bertz CT molecular complexity index is 451. The van der Waals surface area contributed by atoms with E-state index >= 15 is 0 Å². The predicted octanol–water partition coefficient (Wildman–Crippen LogP) is 2.02. The van der Waals surface area contributed by atoms with Crippen molar-refractivity contribution in [1.29, 1.82) is 5.26 Å². The number of nitriles is 1. The second-order valence-corrected chi connectivity index (χ2v) is 4.92. The molecule has 0 aliphatic carbocycles. The molecule has 18 heavy (non-hydrogen) atoms. The first-order valence-electron chi connectivity index (χ1n) is 5.90. The van der Waals surface area contributed by atoms with Crippen LogP contribution in [0.4, 0.5) is 0 Å². The molecular weight excluding hydrogens is 250 g/mol. The lowest BCUT2D eigenvalue weighted by Gasteiger charge is -2.11. The molecule has 1 aromatic heterocycles. The van der Waals surface area contributed by atoms with Crippen molar-refractivity contribution < 1.29 is 9.53 Å². The lowest BCUT2D eigenvalue weighted by atomic mass is 10.3. The van der Waals surface area contributed by atoms with Crippen LogP contribution in [-0.4, -0.2) is 23.7 Å². The molecule has 6 heteroatoms. The molecule has 0 aromatic carbocycles. The van der Waals surface area contributed by atoms with E-state index in [1.54, 1.807) is 0 Å². The minimum atomic E-state index is -0.899. The maximum absolute atomic E-state index is 12.0. The van der Waals surface area contributed by atoms with Crippen molar-refractivity contribution in [2.24, 2.45) is 0 Å². The number of nitrogens with zero attached hydrogens (tertiary/aromatic N) is 2. The van der Waals surface area contributed by atoms with Gasteiger partial charge in [-0.3, -0.25) is 4.79 Å². The monoisotopic (exact) mass is 267 g/mol. The maximum atomic E-state index is 12.0. The van der Waals surface area contributed by atoms with Crippen molar-refractivity contribution in [1.82, 2.24) is 10.3 Å². The van der Waals surface area contributed by atoms with E-state index in [0.717, 1.165) is 17.1 Å².